The highest BCUT2D eigenvalue weighted by molar-refractivity contribution is 5.69. The van der Waals surface area contributed by atoms with Gasteiger partial charge < -0.3 is 9.47 Å². The average Bonchev–Trinajstić information content (AvgIpc) is 2.73. The minimum atomic E-state index is -0.246. The quantitative estimate of drug-likeness (QED) is 0.271. The summed E-state index contributed by atoms with van der Waals surface area (Å²) in [5.74, 6) is 0.654. The zero-order chi connectivity index (χ0) is 20.9. The van der Waals surface area contributed by atoms with E-state index in [9.17, 15) is 4.79 Å². The van der Waals surface area contributed by atoms with E-state index in [0.29, 0.717) is 13.0 Å². The van der Waals surface area contributed by atoms with Crippen molar-refractivity contribution in [2.45, 2.75) is 78.2 Å². The molecule has 0 amide bonds. The van der Waals surface area contributed by atoms with Crippen LogP contribution < -0.4 is 4.74 Å². The van der Waals surface area contributed by atoms with Crippen molar-refractivity contribution in [1.82, 2.24) is 0 Å². The van der Waals surface area contributed by atoms with E-state index < -0.39 is 0 Å². The van der Waals surface area contributed by atoms with Crippen LogP contribution in [0.3, 0.4) is 0 Å². The van der Waals surface area contributed by atoms with Crippen LogP contribution in [0.4, 0.5) is 0 Å². The van der Waals surface area contributed by atoms with E-state index >= 15 is 0 Å². The van der Waals surface area contributed by atoms with Gasteiger partial charge >= 0.3 is 5.97 Å². The number of esters is 1. The van der Waals surface area contributed by atoms with E-state index in [1.54, 1.807) is 0 Å². The highest BCUT2D eigenvalue weighted by atomic mass is 16.6. The van der Waals surface area contributed by atoms with Crippen LogP contribution in [0.25, 0.3) is 11.1 Å². The summed E-state index contributed by atoms with van der Waals surface area (Å²) < 4.78 is 11.2. The van der Waals surface area contributed by atoms with Gasteiger partial charge in [0.1, 0.15) is 18.5 Å². The average molecular weight is 397 g/mol. The van der Waals surface area contributed by atoms with Crippen LogP contribution in [0.5, 0.6) is 5.75 Å². The van der Waals surface area contributed by atoms with Gasteiger partial charge in [0.05, 0.1) is 0 Å². The summed E-state index contributed by atoms with van der Waals surface area (Å²) in [6.07, 6.45) is 8.26. The van der Waals surface area contributed by atoms with Crippen LogP contribution in [0.15, 0.2) is 48.5 Å². The van der Waals surface area contributed by atoms with Crippen LogP contribution >= 0.6 is 0 Å². The van der Waals surface area contributed by atoms with Crippen LogP contribution in [-0.4, -0.2) is 18.7 Å². The lowest BCUT2D eigenvalue weighted by molar-refractivity contribution is -0.149. The molecule has 29 heavy (non-hydrogen) atoms. The number of unbranched alkanes of at least 4 members (excludes halogenated alkanes) is 4. The van der Waals surface area contributed by atoms with E-state index in [4.69, 9.17) is 9.47 Å². The highest BCUT2D eigenvalue weighted by Gasteiger charge is 2.10. The lowest BCUT2D eigenvalue weighted by atomic mass is 10.0. The Kier molecular flexibility index (Phi) is 10.3. The van der Waals surface area contributed by atoms with Gasteiger partial charge in [0.2, 0.25) is 0 Å². The normalized spacial score (nSPS) is 11.8. The maximum atomic E-state index is 11.8. The van der Waals surface area contributed by atoms with E-state index in [-0.39, 0.29) is 12.1 Å². The molecule has 1 unspecified atom stereocenters. The fraction of sp³-hybridized carbons (Fsp3) is 0.500. The Bertz CT molecular complexity index is 704. The summed E-state index contributed by atoms with van der Waals surface area (Å²) in [4.78, 5) is 11.8. The molecule has 0 saturated carbocycles. The molecular formula is C26H36O3. The second-order valence-electron chi connectivity index (χ2n) is 7.75. The van der Waals surface area contributed by atoms with Crippen molar-refractivity contribution in [3.8, 4) is 16.9 Å². The van der Waals surface area contributed by atoms with Crippen molar-refractivity contribution in [2.75, 3.05) is 6.61 Å². The van der Waals surface area contributed by atoms with Gasteiger partial charge in [-0.3, -0.25) is 4.79 Å². The monoisotopic (exact) mass is 396 g/mol. The molecule has 3 heteroatoms. The van der Waals surface area contributed by atoms with Crippen molar-refractivity contribution < 1.29 is 14.3 Å². The van der Waals surface area contributed by atoms with Gasteiger partial charge in [-0.25, -0.2) is 0 Å². The molecule has 0 spiro atoms. The van der Waals surface area contributed by atoms with Gasteiger partial charge in [0.25, 0.3) is 0 Å². The Hall–Kier alpha value is -2.29. The van der Waals surface area contributed by atoms with Crippen molar-refractivity contribution in [3.63, 3.8) is 0 Å². The fourth-order valence-electron chi connectivity index (χ4n) is 3.24. The first kappa shape index (κ1) is 23.0. The number of rotatable bonds is 13. The number of aryl methyl sites for hydroxylation is 1. The van der Waals surface area contributed by atoms with Crippen molar-refractivity contribution >= 4 is 5.97 Å². The standard InChI is InChI=1S/C26H36O3/c1-4-6-8-10-22-12-14-23(15-13-22)24-16-18-25(19-17-24)28-20-21(3)29-26(27)11-9-7-5-2/h12-19,21H,4-11,20H2,1-3H3. The Balaban J connectivity index is 1.78. The molecule has 0 aromatic heterocycles. The van der Waals surface area contributed by atoms with Gasteiger partial charge in [0, 0.05) is 6.42 Å². The number of carbonyl (C=O) groups excluding carboxylic acids is 1. The molecule has 2 aromatic rings. The van der Waals surface area contributed by atoms with Crippen LogP contribution in [0.2, 0.25) is 0 Å². The van der Waals surface area contributed by atoms with Crippen molar-refractivity contribution in [1.29, 1.82) is 0 Å². The van der Waals surface area contributed by atoms with Gasteiger partial charge in [0.15, 0.2) is 0 Å². The first-order chi connectivity index (χ1) is 14.1. The van der Waals surface area contributed by atoms with Gasteiger partial charge in [-0.1, -0.05) is 75.9 Å². The van der Waals surface area contributed by atoms with E-state index in [1.807, 2.05) is 19.1 Å². The molecule has 0 aliphatic heterocycles. The summed E-state index contributed by atoms with van der Waals surface area (Å²) >= 11 is 0. The van der Waals surface area contributed by atoms with E-state index in [1.165, 1.54) is 36.0 Å². The molecule has 0 radical (unpaired) electrons. The van der Waals surface area contributed by atoms with Crippen LogP contribution in [-0.2, 0) is 16.0 Å². The minimum Gasteiger partial charge on any atom is -0.490 e. The second-order valence-corrected chi connectivity index (χ2v) is 7.75. The zero-order valence-corrected chi connectivity index (χ0v) is 18.3. The summed E-state index contributed by atoms with van der Waals surface area (Å²) in [5, 5.41) is 0. The molecule has 0 fully saturated rings. The molecule has 0 aliphatic carbocycles. The number of carbonyl (C=O) groups is 1. The van der Waals surface area contributed by atoms with E-state index in [2.05, 4.69) is 50.2 Å². The van der Waals surface area contributed by atoms with Gasteiger partial charge in [-0.2, -0.15) is 0 Å². The molecule has 2 aromatic carbocycles. The predicted octanol–water partition coefficient (Wildman–Crippen LogP) is 6.98. The molecule has 3 nitrogen and oxygen atoms in total. The van der Waals surface area contributed by atoms with Crippen LogP contribution in [0.1, 0.15) is 71.3 Å². The Morgan fingerprint density at radius 3 is 2.03 bits per heavy atom. The summed E-state index contributed by atoms with van der Waals surface area (Å²) in [7, 11) is 0. The van der Waals surface area contributed by atoms with Crippen molar-refractivity contribution in [2.24, 2.45) is 0 Å². The summed E-state index contributed by atoms with van der Waals surface area (Å²) in [6, 6.07) is 16.9. The third-order valence-corrected chi connectivity index (χ3v) is 5.01. The zero-order valence-electron chi connectivity index (χ0n) is 18.3. The smallest absolute Gasteiger partial charge is 0.306 e. The number of hydrogen-bond acceptors (Lipinski definition) is 3. The lowest BCUT2D eigenvalue weighted by Gasteiger charge is -2.14. The molecule has 0 aliphatic rings. The van der Waals surface area contributed by atoms with Crippen LogP contribution in [0, 0.1) is 0 Å². The number of ether oxygens (including phenoxy) is 2. The SMILES string of the molecule is CCCCCC(=O)OC(C)COc1ccc(-c2ccc(CCCCC)cc2)cc1. The highest BCUT2D eigenvalue weighted by Crippen LogP contribution is 2.23. The summed E-state index contributed by atoms with van der Waals surface area (Å²) in [5.41, 5.74) is 3.79. The van der Waals surface area contributed by atoms with Gasteiger partial charge in [-0.05, 0) is 55.0 Å². The summed E-state index contributed by atoms with van der Waals surface area (Å²) in [6.45, 7) is 6.59. The van der Waals surface area contributed by atoms with Crippen molar-refractivity contribution in [3.05, 3.63) is 54.1 Å². The molecule has 0 bridgehead atoms. The molecule has 1 atom stereocenters. The molecule has 158 valence electrons. The first-order valence-electron chi connectivity index (χ1n) is 11.1. The molecule has 0 heterocycles. The first-order valence-corrected chi connectivity index (χ1v) is 11.1. The Morgan fingerprint density at radius 1 is 0.828 bits per heavy atom. The molecule has 2 rings (SSSR count). The Morgan fingerprint density at radius 2 is 1.41 bits per heavy atom. The molecule has 0 N–H and O–H groups in total. The third-order valence-electron chi connectivity index (χ3n) is 5.01. The lowest BCUT2D eigenvalue weighted by Crippen LogP contribution is -2.21. The number of benzene rings is 2. The number of hydrogen-bond donors (Lipinski definition) is 0. The second kappa shape index (κ2) is 13.0. The Labute approximate surface area is 176 Å². The van der Waals surface area contributed by atoms with Gasteiger partial charge in [-0.15, -0.1) is 0 Å². The fourth-order valence-corrected chi connectivity index (χ4v) is 3.24. The van der Waals surface area contributed by atoms with E-state index in [0.717, 1.165) is 31.4 Å². The minimum absolute atomic E-state index is 0.136. The topological polar surface area (TPSA) is 35.5 Å². The third kappa shape index (κ3) is 8.72. The molecule has 0 saturated heterocycles. The largest absolute Gasteiger partial charge is 0.490 e. The maximum Gasteiger partial charge on any atom is 0.306 e. The molecular weight excluding hydrogens is 360 g/mol. The predicted molar refractivity (Wildman–Crippen MR) is 120 cm³/mol. The maximum absolute atomic E-state index is 11.8.